The average Bonchev–Trinajstić information content (AvgIpc) is 3.44. The zero-order valence-corrected chi connectivity index (χ0v) is 22.6. The Labute approximate surface area is 237 Å². The first kappa shape index (κ1) is 30.5. The normalized spacial score (nSPS) is 12.7. The minimum atomic E-state index is -4.45. The van der Waals surface area contributed by atoms with Crippen LogP contribution in [0.3, 0.4) is 0 Å². The van der Waals surface area contributed by atoms with Crippen LogP contribution in [0.1, 0.15) is 63.8 Å². The molecule has 42 heavy (non-hydrogen) atoms. The number of carbonyl (C=O) groups excluding carboxylic acids is 1. The lowest BCUT2D eigenvalue weighted by atomic mass is 9.94. The lowest BCUT2D eigenvalue weighted by Gasteiger charge is -2.22. The molecule has 0 saturated carbocycles. The number of aromatic nitrogens is 4. The average molecular weight is 592 g/mol. The Kier molecular flexibility index (Phi) is 9.17. The van der Waals surface area contributed by atoms with Gasteiger partial charge in [0.2, 0.25) is 0 Å². The molecule has 0 aliphatic heterocycles. The minimum Gasteiger partial charge on any atom is -0.486 e. The van der Waals surface area contributed by atoms with E-state index in [-0.39, 0.29) is 19.4 Å². The summed E-state index contributed by atoms with van der Waals surface area (Å²) in [5.74, 6) is 0.380. The summed E-state index contributed by atoms with van der Waals surface area (Å²) in [4.78, 5) is 12.5. The van der Waals surface area contributed by atoms with Crippen molar-refractivity contribution in [1.29, 1.82) is 0 Å². The molecule has 0 spiro atoms. The second-order valence-corrected chi connectivity index (χ2v) is 9.77. The van der Waals surface area contributed by atoms with Crippen LogP contribution in [0.2, 0.25) is 0 Å². The van der Waals surface area contributed by atoms with E-state index in [0.29, 0.717) is 28.3 Å². The van der Waals surface area contributed by atoms with Gasteiger partial charge in [0, 0.05) is 12.0 Å². The van der Waals surface area contributed by atoms with Gasteiger partial charge in [-0.3, -0.25) is 4.79 Å². The van der Waals surface area contributed by atoms with E-state index in [9.17, 15) is 31.1 Å². The maximum atomic E-state index is 13.0. The number of H-pyrrole nitrogens is 1. The number of aromatic amines is 1. The first-order valence-corrected chi connectivity index (χ1v) is 12.9. The van der Waals surface area contributed by atoms with Crippen LogP contribution in [-0.4, -0.2) is 32.7 Å². The summed E-state index contributed by atoms with van der Waals surface area (Å²) in [5, 5.41) is 15.7. The molecule has 1 unspecified atom stereocenters. The van der Waals surface area contributed by atoms with Gasteiger partial charge >= 0.3 is 12.4 Å². The highest BCUT2D eigenvalue weighted by Crippen LogP contribution is 2.36. The van der Waals surface area contributed by atoms with Gasteiger partial charge in [-0.1, -0.05) is 24.3 Å². The van der Waals surface area contributed by atoms with Gasteiger partial charge in [0.25, 0.3) is 5.91 Å². The molecule has 0 bridgehead atoms. The molecule has 7 nitrogen and oxygen atoms in total. The third-order valence-electron chi connectivity index (χ3n) is 6.56. The first-order valence-electron chi connectivity index (χ1n) is 12.9. The smallest absolute Gasteiger partial charge is 0.416 e. The maximum Gasteiger partial charge on any atom is 0.416 e. The van der Waals surface area contributed by atoms with Crippen molar-refractivity contribution < 1.29 is 35.9 Å². The number of benzene rings is 3. The fraction of sp³-hybridized carbons (Fsp3) is 0.310. The molecular formula is C29H27F6N5O2. The number of rotatable bonds is 10. The summed E-state index contributed by atoms with van der Waals surface area (Å²) in [6.07, 6.45) is -10.6. The molecule has 0 radical (unpaired) electrons. The van der Waals surface area contributed by atoms with Crippen LogP contribution in [0.5, 0.6) is 5.75 Å². The molecule has 0 saturated heterocycles. The number of nitrogens with one attached hydrogen (secondary N) is 2. The van der Waals surface area contributed by atoms with Crippen LogP contribution in [0.15, 0.2) is 60.7 Å². The van der Waals surface area contributed by atoms with E-state index in [1.54, 1.807) is 50.2 Å². The Morgan fingerprint density at radius 3 is 2.14 bits per heavy atom. The largest absolute Gasteiger partial charge is 0.486 e. The summed E-state index contributed by atoms with van der Waals surface area (Å²) >= 11 is 0. The third-order valence-corrected chi connectivity index (χ3v) is 6.56. The fourth-order valence-electron chi connectivity index (χ4n) is 4.59. The van der Waals surface area contributed by atoms with E-state index >= 15 is 0 Å². The summed E-state index contributed by atoms with van der Waals surface area (Å²) < 4.78 is 83.8. The van der Waals surface area contributed by atoms with Crippen molar-refractivity contribution in [2.24, 2.45) is 0 Å². The SMILES string of the molecule is Cc1cc(OC(CCCC(F)(F)F)c2ccc(C(=O)NCc3nnn[nH]3)cc2)cc(C)c1-c1ccc(C(F)(F)F)cc1. The van der Waals surface area contributed by atoms with Crippen LogP contribution in [0, 0.1) is 13.8 Å². The highest BCUT2D eigenvalue weighted by atomic mass is 19.4. The summed E-state index contributed by atoms with van der Waals surface area (Å²) in [7, 11) is 0. The number of tetrazole rings is 1. The monoisotopic (exact) mass is 591 g/mol. The zero-order chi connectivity index (χ0) is 30.5. The molecule has 1 heterocycles. The van der Waals surface area contributed by atoms with Crippen molar-refractivity contribution in [2.75, 3.05) is 0 Å². The predicted molar refractivity (Wildman–Crippen MR) is 141 cm³/mol. The number of amides is 1. The zero-order valence-electron chi connectivity index (χ0n) is 22.6. The number of alkyl halides is 6. The van der Waals surface area contributed by atoms with Crippen LogP contribution in [0.4, 0.5) is 26.3 Å². The van der Waals surface area contributed by atoms with E-state index in [2.05, 4.69) is 25.9 Å². The number of aryl methyl sites for hydroxylation is 2. The van der Waals surface area contributed by atoms with Crippen LogP contribution >= 0.6 is 0 Å². The molecule has 4 aromatic rings. The van der Waals surface area contributed by atoms with E-state index in [0.717, 1.165) is 28.8 Å². The van der Waals surface area contributed by atoms with Gasteiger partial charge in [-0.05, 0) is 101 Å². The lowest BCUT2D eigenvalue weighted by Crippen LogP contribution is -2.23. The Hall–Kier alpha value is -4.42. The van der Waals surface area contributed by atoms with Gasteiger partial charge < -0.3 is 10.1 Å². The second kappa shape index (κ2) is 12.6. The molecule has 222 valence electrons. The number of halogens is 6. The fourth-order valence-corrected chi connectivity index (χ4v) is 4.59. The Morgan fingerprint density at radius 1 is 0.952 bits per heavy atom. The van der Waals surface area contributed by atoms with Gasteiger partial charge in [0.15, 0.2) is 5.82 Å². The van der Waals surface area contributed by atoms with Crippen molar-refractivity contribution in [3.05, 3.63) is 94.3 Å². The van der Waals surface area contributed by atoms with E-state index in [1.807, 2.05) is 0 Å². The van der Waals surface area contributed by atoms with Crippen molar-refractivity contribution in [3.8, 4) is 16.9 Å². The van der Waals surface area contributed by atoms with Gasteiger partial charge in [-0.25, -0.2) is 5.10 Å². The number of hydrogen-bond donors (Lipinski definition) is 2. The van der Waals surface area contributed by atoms with E-state index in [1.165, 1.54) is 12.1 Å². The first-order chi connectivity index (χ1) is 19.8. The summed E-state index contributed by atoms with van der Waals surface area (Å²) in [5.41, 5.74) is 2.95. The number of carbonyl (C=O) groups is 1. The Morgan fingerprint density at radius 2 is 1.60 bits per heavy atom. The number of ether oxygens (including phenoxy) is 1. The van der Waals surface area contributed by atoms with Gasteiger partial charge in [-0.15, -0.1) is 5.10 Å². The summed E-state index contributed by atoms with van der Waals surface area (Å²) in [6.45, 7) is 3.65. The van der Waals surface area contributed by atoms with Gasteiger partial charge in [0.05, 0.1) is 12.1 Å². The predicted octanol–water partition coefficient (Wildman–Crippen LogP) is 7.29. The lowest BCUT2D eigenvalue weighted by molar-refractivity contribution is -0.138. The molecule has 2 N–H and O–H groups in total. The van der Waals surface area contributed by atoms with Gasteiger partial charge in [0.1, 0.15) is 11.9 Å². The van der Waals surface area contributed by atoms with Crippen molar-refractivity contribution >= 4 is 5.91 Å². The van der Waals surface area contributed by atoms with E-state index in [4.69, 9.17) is 4.74 Å². The molecule has 0 aliphatic carbocycles. The molecule has 1 aromatic heterocycles. The van der Waals surface area contributed by atoms with Crippen molar-refractivity contribution in [2.45, 2.75) is 58.1 Å². The third kappa shape index (κ3) is 8.08. The molecule has 3 aromatic carbocycles. The van der Waals surface area contributed by atoms with E-state index < -0.39 is 36.3 Å². The molecule has 1 amide bonds. The molecule has 1 atom stereocenters. The van der Waals surface area contributed by atoms with Crippen LogP contribution < -0.4 is 10.1 Å². The van der Waals surface area contributed by atoms with Crippen molar-refractivity contribution in [3.63, 3.8) is 0 Å². The van der Waals surface area contributed by atoms with Gasteiger partial charge in [-0.2, -0.15) is 26.3 Å². The highest BCUT2D eigenvalue weighted by molar-refractivity contribution is 5.94. The quantitative estimate of drug-likeness (QED) is 0.189. The highest BCUT2D eigenvalue weighted by Gasteiger charge is 2.30. The molecule has 0 fully saturated rings. The number of hydrogen-bond acceptors (Lipinski definition) is 5. The minimum absolute atomic E-state index is 0.0578. The van der Waals surface area contributed by atoms with Crippen LogP contribution in [-0.2, 0) is 12.7 Å². The van der Waals surface area contributed by atoms with Crippen LogP contribution in [0.25, 0.3) is 11.1 Å². The topological polar surface area (TPSA) is 92.8 Å². The Bertz CT molecular complexity index is 1460. The molecule has 13 heteroatoms. The van der Waals surface area contributed by atoms with Crippen molar-refractivity contribution in [1.82, 2.24) is 25.9 Å². The molecule has 0 aliphatic rings. The standard InChI is InChI=1S/C29H27F6N5O2/c1-17-14-23(15-18(2)26(17)20-9-11-22(12-10-20)29(33,34)35)42-24(4-3-13-28(30,31)32)19-5-7-21(8-6-19)27(41)36-16-25-37-39-40-38-25/h5-12,14-15,24H,3-4,13,16H2,1-2H3,(H,36,41)(H,37,38,39,40). The maximum absolute atomic E-state index is 13.0. The number of nitrogens with zero attached hydrogens (tertiary/aromatic N) is 3. The Balaban J connectivity index is 1.53. The summed E-state index contributed by atoms with van der Waals surface area (Å²) in [6, 6.07) is 14.6. The molecular weight excluding hydrogens is 564 g/mol. The molecule has 4 rings (SSSR count). The second-order valence-electron chi connectivity index (χ2n) is 9.77.